The molecule has 0 radical (unpaired) electrons. The van der Waals surface area contributed by atoms with Gasteiger partial charge in [0.15, 0.2) is 5.58 Å². The van der Waals surface area contributed by atoms with Gasteiger partial charge in [0.25, 0.3) is 0 Å². The standard InChI is InChI=1S/C14H19NO3/c1-9(2)15-11-7-10(14(3,4)8-16)5-6-12(11)18-13(15)17/h5-7,9,16H,8H2,1-4H3. The zero-order valence-corrected chi connectivity index (χ0v) is 11.2. The van der Waals surface area contributed by atoms with Gasteiger partial charge in [-0.25, -0.2) is 4.79 Å². The molecule has 0 amide bonds. The number of rotatable bonds is 3. The minimum atomic E-state index is -0.334. The van der Waals surface area contributed by atoms with Crippen molar-refractivity contribution in [1.29, 1.82) is 0 Å². The highest BCUT2D eigenvalue weighted by atomic mass is 16.4. The fraction of sp³-hybridized carbons (Fsp3) is 0.500. The smallest absolute Gasteiger partial charge is 0.408 e. The minimum absolute atomic E-state index is 0.0474. The molecule has 0 spiro atoms. The number of hydrogen-bond donors (Lipinski definition) is 1. The Morgan fingerprint density at radius 1 is 1.39 bits per heavy atom. The Bertz CT molecular complexity index is 619. The number of hydrogen-bond acceptors (Lipinski definition) is 3. The topological polar surface area (TPSA) is 55.4 Å². The van der Waals surface area contributed by atoms with Crippen molar-refractivity contribution in [3.8, 4) is 0 Å². The molecule has 1 aromatic carbocycles. The molecule has 4 heteroatoms. The van der Waals surface area contributed by atoms with Gasteiger partial charge in [-0.05, 0) is 31.5 Å². The molecule has 1 aromatic heterocycles. The fourth-order valence-electron chi connectivity index (χ4n) is 2.03. The molecule has 0 saturated heterocycles. The first-order valence-electron chi connectivity index (χ1n) is 6.13. The van der Waals surface area contributed by atoms with E-state index in [1.54, 1.807) is 10.6 Å². The Morgan fingerprint density at radius 3 is 2.61 bits per heavy atom. The van der Waals surface area contributed by atoms with Gasteiger partial charge in [-0.15, -0.1) is 0 Å². The molecule has 2 rings (SSSR count). The normalized spacial score (nSPS) is 12.6. The summed E-state index contributed by atoms with van der Waals surface area (Å²) >= 11 is 0. The third-order valence-corrected chi connectivity index (χ3v) is 3.31. The lowest BCUT2D eigenvalue weighted by atomic mass is 9.85. The molecule has 2 aromatic rings. The maximum absolute atomic E-state index is 11.8. The SMILES string of the molecule is CC(C)n1c(=O)oc2ccc(C(C)(C)CO)cc21. The molecule has 0 aliphatic rings. The summed E-state index contributed by atoms with van der Waals surface area (Å²) in [5.74, 6) is -0.334. The lowest BCUT2D eigenvalue weighted by molar-refractivity contribution is 0.218. The highest BCUT2D eigenvalue weighted by Crippen LogP contribution is 2.26. The Morgan fingerprint density at radius 2 is 2.06 bits per heavy atom. The Labute approximate surface area is 106 Å². The van der Waals surface area contributed by atoms with Crippen LogP contribution in [0.2, 0.25) is 0 Å². The van der Waals surface area contributed by atoms with Crippen LogP contribution in [0.15, 0.2) is 27.4 Å². The second-order valence-electron chi connectivity index (χ2n) is 5.56. The Kier molecular flexibility index (Phi) is 3.07. The van der Waals surface area contributed by atoms with Crippen molar-refractivity contribution >= 4 is 11.1 Å². The predicted molar refractivity (Wildman–Crippen MR) is 71.0 cm³/mol. The van der Waals surface area contributed by atoms with E-state index < -0.39 is 0 Å². The second-order valence-corrected chi connectivity index (χ2v) is 5.56. The number of benzene rings is 1. The van der Waals surface area contributed by atoms with Crippen molar-refractivity contribution in [3.63, 3.8) is 0 Å². The maximum atomic E-state index is 11.8. The van der Waals surface area contributed by atoms with E-state index in [9.17, 15) is 9.90 Å². The van der Waals surface area contributed by atoms with Crippen molar-refractivity contribution in [1.82, 2.24) is 4.57 Å². The Hall–Kier alpha value is -1.55. The van der Waals surface area contributed by atoms with Crippen molar-refractivity contribution in [2.75, 3.05) is 6.61 Å². The van der Waals surface area contributed by atoms with Crippen LogP contribution in [0.25, 0.3) is 11.1 Å². The van der Waals surface area contributed by atoms with Gasteiger partial charge in [-0.1, -0.05) is 19.9 Å². The number of fused-ring (bicyclic) bond motifs is 1. The number of aromatic nitrogens is 1. The van der Waals surface area contributed by atoms with Crippen molar-refractivity contribution in [2.45, 2.75) is 39.2 Å². The summed E-state index contributed by atoms with van der Waals surface area (Å²) in [7, 11) is 0. The van der Waals surface area contributed by atoms with E-state index in [-0.39, 0.29) is 23.8 Å². The third kappa shape index (κ3) is 1.97. The van der Waals surface area contributed by atoms with Crippen molar-refractivity contribution in [2.24, 2.45) is 0 Å². The molecular weight excluding hydrogens is 230 g/mol. The van der Waals surface area contributed by atoms with Crippen LogP contribution < -0.4 is 5.76 Å². The van der Waals surface area contributed by atoms with E-state index in [0.717, 1.165) is 11.1 Å². The van der Waals surface area contributed by atoms with E-state index in [0.29, 0.717) is 5.58 Å². The largest absolute Gasteiger partial charge is 0.420 e. The maximum Gasteiger partial charge on any atom is 0.420 e. The molecular formula is C14H19NO3. The molecule has 0 atom stereocenters. The van der Waals surface area contributed by atoms with Crippen LogP contribution in [0.4, 0.5) is 0 Å². The van der Waals surface area contributed by atoms with E-state index in [2.05, 4.69) is 0 Å². The van der Waals surface area contributed by atoms with E-state index >= 15 is 0 Å². The lowest BCUT2D eigenvalue weighted by Crippen LogP contribution is -2.22. The van der Waals surface area contributed by atoms with Crippen LogP contribution >= 0.6 is 0 Å². The summed E-state index contributed by atoms with van der Waals surface area (Å²) in [6, 6.07) is 5.66. The van der Waals surface area contributed by atoms with Gasteiger partial charge < -0.3 is 9.52 Å². The molecule has 1 heterocycles. The van der Waals surface area contributed by atoms with Gasteiger partial charge in [0, 0.05) is 11.5 Å². The van der Waals surface area contributed by atoms with E-state index in [4.69, 9.17) is 4.42 Å². The van der Waals surface area contributed by atoms with Crippen LogP contribution in [0.1, 0.15) is 39.3 Å². The fourth-order valence-corrected chi connectivity index (χ4v) is 2.03. The number of aliphatic hydroxyl groups is 1. The van der Waals surface area contributed by atoms with Crippen molar-refractivity contribution in [3.05, 3.63) is 34.3 Å². The first kappa shape index (κ1) is 12.9. The van der Waals surface area contributed by atoms with E-state index in [1.807, 2.05) is 39.8 Å². The van der Waals surface area contributed by atoms with Gasteiger partial charge in [0.05, 0.1) is 12.1 Å². The molecule has 98 valence electrons. The van der Waals surface area contributed by atoms with Gasteiger partial charge in [-0.3, -0.25) is 4.57 Å². The van der Waals surface area contributed by atoms with Crippen LogP contribution in [0.3, 0.4) is 0 Å². The monoisotopic (exact) mass is 249 g/mol. The van der Waals surface area contributed by atoms with Gasteiger partial charge >= 0.3 is 5.76 Å². The molecule has 0 fully saturated rings. The minimum Gasteiger partial charge on any atom is -0.408 e. The van der Waals surface area contributed by atoms with Gasteiger partial charge in [-0.2, -0.15) is 0 Å². The first-order valence-corrected chi connectivity index (χ1v) is 6.13. The molecule has 1 N–H and O–H groups in total. The lowest BCUT2D eigenvalue weighted by Gasteiger charge is -2.22. The van der Waals surface area contributed by atoms with Crippen molar-refractivity contribution < 1.29 is 9.52 Å². The molecule has 0 aliphatic heterocycles. The summed E-state index contributed by atoms with van der Waals surface area (Å²) in [4.78, 5) is 11.8. The average Bonchev–Trinajstić information content (AvgIpc) is 2.63. The average molecular weight is 249 g/mol. The second kappa shape index (κ2) is 4.28. The summed E-state index contributed by atoms with van der Waals surface area (Å²) in [5, 5.41) is 9.41. The third-order valence-electron chi connectivity index (χ3n) is 3.31. The highest BCUT2D eigenvalue weighted by Gasteiger charge is 2.21. The summed E-state index contributed by atoms with van der Waals surface area (Å²) in [5.41, 5.74) is 2.04. The molecule has 4 nitrogen and oxygen atoms in total. The zero-order chi connectivity index (χ0) is 13.5. The number of aliphatic hydroxyl groups excluding tert-OH is 1. The molecule has 18 heavy (non-hydrogen) atoms. The Balaban J connectivity index is 2.71. The van der Waals surface area contributed by atoms with Gasteiger partial charge in [0.2, 0.25) is 0 Å². The quantitative estimate of drug-likeness (QED) is 0.909. The number of oxazole rings is 1. The first-order chi connectivity index (χ1) is 8.36. The summed E-state index contributed by atoms with van der Waals surface area (Å²) < 4.78 is 6.84. The van der Waals surface area contributed by atoms with Crippen LogP contribution in [0.5, 0.6) is 0 Å². The number of nitrogens with zero attached hydrogens (tertiary/aromatic N) is 1. The zero-order valence-electron chi connectivity index (χ0n) is 11.2. The van der Waals surface area contributed by atoms with E-state index in [1.165, 1.54) is 0 Å². The van der Waals surface area contributed by atoms with Gasteiger partial charge in [0.1, 0.15) is 0 Å². The molecule has 0 unspecified atom stereocenters. The van der Waals surface area contributed by atoms with Crippen LogP contribution in [-0.2, 0) is 5.41 Å². The summed E-state index contributed by atoms with van der Waals surface area (Å²) in [6.07, 6.45) is 0. The van der Waals surface area contributed by atoms with Crippen LogP contribution in [0, 0.1) is 0 Å². The molecule has 0 saturated carbocycles. The predicted octanol–water partition coefficient (Wildman–Crippen LogP) is 2.45. The summed E-state index contributed by atoms with van der Waals surface area (Å²) in [6.45, 7) is 7.88. The van der Waals surface area contributed by atoms with Crippen LogP contribution in [-0.4, -0.2) is 16.3 Å². The highest BCUT2D eigenvalue weighted by molar-refractivity contribution is 5.74. The molecule has 0 bridgehead atoms. The molecule has 0 aliphatic carbocycles.